The van der Waals surface area contributed by atoms with Crippen LogP contribution in [0.15, 0.2) is 22.9 Å². The third-order valence-corrected chi connectivity index (χ3v) is 5.66. The molecule has 0 saturated carbocycles. The average Bonchev–Trinajstić information content (AvgIpc) is 2.78. The van der Waals surface area contributed by atoms with Crippen LogP contribution in [-0.2, 0) is 11.5 Å². The largest absolute Gasteiger partial charge is 0.494 e. The van der Waals surface area contributed by atoms with Gasteiger partial charge in [0.25, 0.3) is 0 Å². The summed E-state index contributed by atoms with van der Waals surface area (Å²) in [5, 5.41) is 1.04. The van der Waals surface area contributed by atoms with Gasteiger partial charge in [-0.2, -0.15) is 0 Å². The highest BCUT2D eigenvalue weighted by molar-refractivity contribution is 9.10. The number of fused-ring (bicyclic) bond motifs is 1. The summed E-state index contributed by atoms with van der Waals surface area (Å²) in [5.74, 6) is 0.745. The van der Waals surface area contributed by atoms with Gasteiger partial charge in [-0.25, -0.2) is 4.98 Å². The van der Waals surface area contributed by atoms with E-state index in [1.807, 2.05) is 16.8 Å². The molecule has 2 rings (SSSR count). The van der Waals surface area contributed by atoms with Crippen molar-refractivity contribution in [2.24, 2.45) is 0 Å². The van der Waals surface area contributed by atoms with Gasteiger partial charge in [-0.3, -0.25) is 0 Å². The van der Waals surface area contributed by atoms with Crippen molar-refractivity contribution in [1.29, 1.82) is 0 Å². The van der Waals surface area contributed by atoms with Gasteiger partial charge in [0.15, 0.2) is 5.75 Å². The van der Waals surface area contributed by atoms with Gasteiger partial charge in [0.1, 0.15) is 12.4 Å². The maximum Gasteiger partial charge on any atom is 0.152 e. The number of ether oxygens (including phenoxy) is 2. The lowest BCUT2D eigenvalue weighted by atomic mass is 10.3. The molecule has 0 aliphatic heterocycles. The first-order chi connectivity index (χ1) is 9.42. The predicted molar refractivity (Wildman–Crippen MR) is 88.1 cm³/mol. The number of nitrogens with zero attached hydrogens (tertiary/aromatic N) is 2. The highest BCUT2D eigenvalue weighted by Gasteiger charge is 2.13. The molecule has 0 aromatic carbocycles. The maximum atomic E-state index is 5.77. The van der Waals surface area contributed by atoms with Crippen molar-refractivity contribution < 1.29 is 9.47 Å². The van der Waals surface area contributed by atoms with E-state index in [0.29, 0.717) is 6.73 Å². The molecule has 4 nitrogen and oxygen atoms in total. The van der Waals surface area contributed by atoms with Crippen LogP contribution < -0.4 is 4.74 Å². The van der Waals surface area contributed by atoms with E-state index in [1.165, 1.54) is 6.04 Å². The molecule has 0 bridgehead atoms. The molecule has 0 aliphatic rings. The fourth-order valence-electron chi connectivity index (χ4n) is 1.88. The van der Waals surface area contributed by atoms with E-state index >= 15 is 0 Å². The number of hydrogen-bond acceptors (Lipinski definition) is 3. The van der Waals surface area contributed by atoms with Crippen molar-refractivity contribution >= 4 is 35.0 Å². The summed E-state index contributed by atoms with van der Waals surface area (Å²) < 4.78 is 14.0. The molecule has 0 spiro atoms. The number of hydrogen-bond donors (Lipinski definition) is 0. The van der Waals surface area contributed by atoms with Gasteiger partial charge in [-0.1, -0.05) is 19.6 Å². The summed E-state index contributed by atoms with van der Waals surface area (Å²) >= 11 is 3.55. The van der Waals surface area contributed by atoms with E-state index in [-0.39, 0.29) is 0 Å². The molecule has 0 aliphatic carbocycles. The molecule has 0 unspecified atom stereocenters. The fraction of sp³-hybridized carbons (Fsp3) is 0.500. The van der Waals surface area contributed by atoms with Crippen molar-refractivity contribution in [3.63, 3.8) is 0 Å². The second kappa shape index (κ2) is 6.28. The molecule has 0 fully saturated rings. The van der Waals surface area contributed by atoms with Gasteiger partial charge >= 0.3 is 0 Å². The lowest BCUT2D eigenvalue weighted by Crippen LogP contribution is -2.22. The van der Waals surface area contributed by atoms with Crippen molar-refractivity contribution in [3.05, 3.63) is 22.9 Å². The smallest absolute Gasteiger partial charge is 0.152 e. The van der Waals surface area contributed by atoms with E-state index in [1.54, 1.807) is 13.3 Å². The van der Waals surface area contributed by atoms with Crippen molar-refractivity contribution in [2.75, 3.05) is 13.7 Å². The Balaban J connectivity index is 2.07. The second-order valence-electron chi connectivity index (χ2n) is 6.01. The molecule has 20 heavy (non-hydrogen) atoms. The van der Waals surface area contributed by atoms with Crippen LogP contribution in [0.25, 0.3) is 11.0 Å². The average molecular weight is 357 g/mol. The number of rotatable bonds is 6. The Kier molecular flexibility index (Phi) is 4.88. The molecule has 2 aromatic rings. The molecule has 0 saturated heterocycles. The highest BCUT2D eigenvalue weighted by Crippen LogP contribution is 2.31. The van der Waals surface area contributed by atoms with E-state index < -0.39 is 8.07 Å². The van der Waals surface area contributed by atoms with Gasteiger partial charge in [-0.15, -0.1) is 0 Å². The molecule has 2 heterocycles. The monoisotopic (exact) mass is 356 g/mol. The Labute approximate surface area is 129 Å². The zero-order valence-electron chi connectivity index (χ0n) is 12.4. The van der Waals surface area contributed by atoms with E-state index in [0.717, 1.165) is 27.9 Å². The fourth-order valence-corrected chi connectivity index (χ4v) is 3.21. The third kappa shape index (κ3) is 3.62. The summed E-state index contributed by atoms with van der Waals surface area (Å²) in [6.07, 6.45) is 3.72. The van der Waals surface area contributed by atoms with Gasteiger partial charge < -0.3 is 14.0 Å². The van der Waals surface area contributed by atoms with Crippen LogP contribution in [0.3, 0.4) is 0 Å². The van der Waals surface area contributed by atoms with Gasteiger partial charge in [0.2, 0.25) is 0 Å². The molecular weight excluding hydrogens is 336 g/mol. The first-order valence-electron chi connectivity index (χ1n) is 6.67. The zero-order valence-corrected chi connectivity index (χ0v) is 15.0. The minimum absolute atomic E-state index is 0.541. The molecule has 2 aromatic heterocycles. The van der Waals surface area contributed by atoms with E-state index in [9.17, 15) is 0 Å². The van der Waals surface area contributed by atoms with Crippen LogP contribution >= 0.6 is 15.9 Å². The standard InChI is InChI=1S/C14H21BrN2O2Si/c1-18-12-9-16-14-11(13(12)15)5-6-17(14)10-19-7-8-20(2,3)4/h5-6,9H,7-8,10H2,1-4H3. The topological polar surface area (TPSA) is 36.3 Å². The quantitative estimate of drug-likeness (QED) is 0.576. The summed E-state index contributed by atoms with van der Waals surface area (Å²) in [7, 11) is 0.615. The van der Waals surface area contributed by atoms with Crippen LogP contribution in [0.5, 0.6) is 5.75 Å². The molecule has 0 amide bonds. The van der Waals surface area contributed by atoms with Crippen LogP contribution in [0.2, 0.25) is 25.7 Å². The minimum atomic E-state index is -1.03. The van der Waals surface area contributed by atoms with Crippen LogP contribution in [0.4, 0.5) is 0 Å². The van der Waals surface area contributed by atoms with E-state index in [2.05, 4.69) is 40.6 Å². The minimum Gasteiger partial charge on any atom is -0.494 e. The number of methoxy groups -OCH3 is 1. The van der Waals surface area contributed by atoms with Crippen LogP contribution in [0.1, 0.15) is 0 Å². The molecule has 6 heteroatoms. The molecule has 110 valence electrons. The maximum absolute atomic E-state index is 5.77. The summed E-state index contributed by atoms with van der Waals surface area (Å²) in [6, 6.07) is 3.20. The predicted octanol–water partition coefficient (Wildman–Crippen LogP) is 4.12. The highest BCUT2D eigenvalue weighted by atomic mass is 79.9. The van der Waals surface area contributed by atoms with Crippen LogP contribution in [-0.4, -0.2) is 31.3 Å². The summed E-state index contributed by atoms with van der Waals surface area (Å²) in [6.45, 7) is 8.41. The van der Waals surface area contributed by atoms with Crippen LogP contribution in [0, 0.1) is 0 Å². The normalized spacial score (nSPS) is 12.1. The lowest BCUT2D eigenvalue weighted by Gasteiger charge is -2.15. The second-order valence-corrected chi connectivity index (χ2v) is 12.4. The zero-order chi connectivity index (χ0) is 14.8. The molecule has 0 N–H and O–H groups in total. The molecular formula is C14H21BrN2O2Si. The Morgan fingerprint density at radius 2 is 2.10 bits per heavy atom. The number of halogens is 1. The van der Waals surface area contributed by atoms with Gasteiger partial charge in [0.05, 0.1) is 17.8 Å². The van der Waals surface area contributed by atoms with Gasteiger partial charge in [-0.05, 0) is 28.0 Å². The van der Waals surface area contributed by atoms with E-state index in [4.69, 9.17) is 9.47 Å². The number of pyridine rings is 1. The van der Waals surface area contributed by atoms with Crippen molar-refractivity contribution in [1.82, 2.24) is 9.55 Å². The summed E-state index contributed by atoms with van der Waals surface area (Å²) in [5.41, 5.74) is 0.908. The number of aromatic nitrogens is 2. The first kappa shape index (κ1) is 15.5. The summed E-state index contributed by atoms with van der Waals surface area (Å²) in [4.78, 5) is 4.44. The molecule has 0 radical (unpaired) electrons. The SMILES string of the molecule is COc1cnc2c(ccn2COCC[Si](C)(C)C)c1Br. The van der Waals surface area contributed by atoms with Gasteiger partial charge in [0, 0.05) is 26.3 Å². The van der Waals surface area contributed by atoms with Crippen molar-refractivity contribution in [2.45, 2.75) is 32.4 Å². The Morgan fingerprint density at radius 1 is 1.35 bits per heavy atom. The Bertz CT molecular complexity index is 593. The first-order valence-corrected chi connectivity index (χ1v) is 11.2. The molecule has 0 atom stereocenters. The third-order valence-electron chi connectivity index (χ3n) is 3.14. The lowest BCUT2D eigenvalue weighted by molar-refractivity contribution is 0.0899. The Morgan fingerprint density at radius 3 is 2.75 bits per heavy atom. The Hall–Kier alpha value is -0.853. The van der Waals surface area contributed by atoms with Crippen molar-refractivity contribution in [3.8, 4) is 5.75 Å².